The number of methoxy groups -OCH3 is 1. The number of hydrogen-bond donors (Lipinski definition) is 1. The Morgan fingerprint density at radius 3 is 2.89 bits per heavy atom. The predicted molar refractivity (Wildman–Crippen MR) is 112 cm³/mol. The Labute approximate surface area is 165 Å². The molecule has 4 rings (SSSR count). The molecule has 0 spiro atoms. The minimum Gasteiger partial charge on any atom is -0.496 e. The third kappa shape index (κ3) is 3.30. The topological polar surface area (TPSA) is 61.5 Å². The van der Waals surface area contributed by atoms with Crippen LogP contribution in [0.25, 0.3) is 22.2 Å². The van der Waals surface area contributed by atoms with Gasteiger partial charge in [-0.25, -0.2) is 4.98 Å². The van der Waals surface area contributed by atoms with Gasteiger partial charge in [0.15, 0.2) is 0 Å². The van der Waals surface area contributed by atoms with E-state index in [0.717, 1.165) is 59.5 Å². The van der Waals surface area contributed by atoms with E-state index in [9.17, 15) is 4.79 Å². The fourth-order valence-electron chi connectivity index (χ4n) is 4.03. The fourth-order valence-corrected chi connectivity index (χ4v) is 4.03. The van der Waals surface area contributed by atoms with Crippen LogP contribution in [0.5, 0.6) is 5.75 Å². The van der Waals surface area contributed by atoms with Crippen molar-refractivity contribution in [3.05, 3.63) is 42.7 Å². The quantitative estimate of drug-likeness (QED) is 0.754. The highest BCUT2D eigenvalue weighted by Gasteiger charge is 2.27. The molecule has 1 fully saturated rings. The summed E-state index contributed by atoms with van der Waals surface area (Å²) in [5.41, 5.74) is 4.01. The number of ether oxygens (including phenoxy) is 1. The Morgan fingerprint density at radius 1 is 1.29 bits per heavy atom. The number of H-pyrrole nitrogens is 1. The maximum absolute atomic E-state index is 12.4. The second-order valence-corrected chi connectivity index (χ2v) is 7.51. The minimum atomic E-state index is 0.0411. The van der Waals surface area contributed by atoms with Gasteiger partial charge in [-0.3, -0.25) is 4.79 Å². The van der Waals surface area contributed by atoms with Gasteiger partial charge in [0.05, 0.1) is 24.9 Å². The summed E-state index contributed by atoms with van der Waals surface area (Å²) in [7, 11) is 5.34. The Kier molecular flexibility index (Phi) is 4.94. The molecule has 1 atom stereocenters. The largest absolute Gasteiger partial charge is 0.496 e. The van der Waals surface area contributed by atoms with Crippen LogP contribution in [0.3, 0.4) is 0 Å². The molecule has 0 saturated carbocycles. The normalized spacial score (nSPS) is 17.0. The van der Waals surface area contributed by atoms with Gasteiger partial charge in [-0.15, -0.1) is 0 Å². The van der Waals surface area contributed by atoms with Crippen LogP contribution in [0.4, 0.5) is 5.69 Å². The van der Waals surface area contributed by atoms with E-state index in [4.69, 9.17) is 4.74 Å². The van der Waals surface area contributed by atoms with Gasteiger partial charge in [0.1, 0.15) is 11.4 Å². The monoisotopic (exact) mass is 378 g/mol. The molecular formula is C22H26N4O2. The lowest BCUT2D eigenvalue weighted by molar-refractivity contribution is -0.133. The Balaban J connectivity index is 1.69. The zero-order chi connectivity index (χ0) is 19.7. The van der Waals surface area contributed by atoms with E-state index >= 15 is 0 Å². The molecule has 1 unspecified atom stereocenters. The summed E-state index contributed by atoms with van der Waals surface area (Å²) in [6.45, 7) is 1.68. The maximum Gasteiger partial charge on any atom is 0.226 e. The molecule has 1 N–H and O–H groups in total. The number of nitrogens with one attached hydrogen (secondary N) is 1. The zero-order valence-electron chi connectivity index (χ0n) is 16.6. The summed E-state index contributed by atoms with van der Waals surface area (Å²) in [5.74, 6) is 1.08. The number of fused-ring (bicyclic) bond motifs is 1. The van der Waals surface area contributed by atoms with Crippen LogP contribution in [0.15, 0.2) is 42.7 Å². The number of nitrogens with zero attached hydrogens (tertiary/aromatic N) is 3. The molecule has 3 aromatic rings. The average molecular weight is 378 g/mol. The number of aromatic amines is 1. The van der Waals surface area contributed by atoms with E-state index in [0.29, 0.717) is 0 Å². The fraction of sp³-hybridized carbons (Fsp3) is 0.364. The second-order valence-electron chi connectivity index (χ2n) is 7.51. The van der Waals surface area contributed by atoms with Crippen LogP contribution >= 0.6 is 0 Å². The molecule has 1 aliphatic heterocycles. The number of piperidine rings is 1. The highest BCUT2D eigenvalue weighted by atomic mass is 16.5. The molecular weight excluding hydrogens is 352 g/mol. The van der Waals surface area contributed by atoms with Crippen LogP contribution in [0.1, 0.15) is 12.8 Å². The van der Waals surface area contributed by atoms with Gasteiger partial charge in [-0.05, 0) is 25.0 Å². The van der Waals surface area contributed by atoms with E-state index in [1.165, 1.54) is 0 Å². The van der Waals surface area contributed by atoms with E-state index in [1.54, 1.807) is 12.0 Å². The van der Waals surface area contributed by atoms with Gasteiger partial charge in [0, 0.05) is 49.9 Å². The summed E-state index contributed by atoms with van der Waals surface area (Å²) >= 11 is 0. The smallest absolute Gasteiger partial charge is 0.226 e. The summed E-state index contributed by atoms with van der Waals surface area (Å²) in [6.07, 6.45) is 5.83. The number of para-hydroxylation sites is 1. The van der Waals surface area contributed by atoms with Gasteiger partial charge in [-0.1, -0.05) is 18.2 Å². The van der Waals surface area contributed by atoms with Gasteiger partial charge in [-0.2, -0.15) is 0 Å². The van der Waals surface area contributed by atoms with Crippen molar-refractivity contribution in [2.75, 3.05) is 39.2 Å². The lowest BCUT2D eigenvalue weighted by Crippen LogP contribution is -2.42. The SMILES string of the molecule is COc1ccccc1-c1c[nH]c2ncc(N3CCCC(C(=O)N(C)C)C3)cc12. The van der Waals surface area contributed by atoms with Crippen LogP contribution < -0.4 is 9.64 Å². The van der Waals surface area contributed by atoms with Crippen LogP contribution in [0, 0.1) is 5.92 Å². The molecule has 0 bridgehead atoms. The summed E-state index contributed by atoms with van der Waals surface area (Å²) in [5, 5.41) is 1.06. The highest BCUT2D eigenvalue weighted by Crippen LogP contribution is 2.36. The molecule has 1 aliphatic rings. The van der Waals surface area contributed by atoms with E-state index in [1.807, 2.05) is 44.7 Å². The molecule has 6 nitrogen and oxygen atoms in total. The number of benzene rings is 1. The molecule has 146 valence electrons. The number of hydrogen-bond acceptors (Lipinski definition) is 4. The molecule has 1 saturated heterocycles. The van der Waals surface area contributed by atoms with Crippen molar-refractivity contribution < 1.29 is 9.53 Å². The number of carbonyl (C=O) groups is 1. The highest BCUT2D eigenvalue weighted by molar-refractivity contribution is 5.96. The first-order valence-corrected chi connectivity index (χ1v) is 9.65. The molecule has 1 amide bonds. The van der Waals surface area contributed by atoms with Crippen LogP contribution in [-0.2, 0) is 4.79 Å². The first kappa shape index (κ1) is 18.3. The van der Waals surface area contributed by atoms with Gasteiger partial charge in [0.2, 0.25) is 5.91 Å². The number of aromatic nitrogens is 2. The molecule has 0 aliphatic carbocycles. The minimum absolute atomic E-state index is 0.0411. The summed E-state index contributed by atoms with van der Waals surface area (Å²) in [6, 6.07) is 10.2. The van der Waals surface area contributed by atoms with Crippen molar-refractivity contribution >= 4 is 22.6 Å². The Bertz CT molecular complexity index is 995. The summed E-state index contributed by atoms with van der Waals surface area (Å²) in [4.78, 5) is 24.3. The molecule has 28 heavy (non-hydrogen) atoms. The lowest BCUT2D eigenvalue weighted by atomic mass is 9.96. The van der Waals surface area contributed by atoms with Crippen LogP contribution in [-0.4, -0.2) is 55.1 Å². The van der Waals surface area contributed by atoms with Crippen molar-refractivity contribution in [1.29, 1.82) is 0 Å². The van der Waals surface area contributed by atoms with Gasteiger partial charge < -0.3 is 19.5 Å². The van der Waals surface area contributed by atoms with Crippen molar-refractivity contribution in [2.24, 2.45) is 5.92 Å². The molecule has 0 radical (unpaired) electrons. The maximum atomic E-state index is 12.4. The van der Waals surface area contributed by atoms with E-state index < -0.39 is 0 Å². The summed E-state index contributed by atoms with van der Waals surface area (Å²) < 4.78 is 5.54. The number of carbonyl (C=O) groups excluding carboxylic acids is 1. The first-order chi connectivity index (χ1) is 13.6. The molecule has 6 heteroatoms. The number of anilines is 1. The number of rotatable bonds is 4. The van der Waals surface area contributed by atoms with Gasteiger partial charge in [0.25, 0.3) is 0 Å². The van der Waals surface area contributed by atoms with Crippen molar-refractivity contribution in [1.82, 2.24) is 14.9 Å². The predicted octanol–water partition coefficient (Wildman–Crippen LogP) is 3.54. The van der Waals surface area contributed by atoms with Crippen molar-refractivity contribution in [3.8, 4) is 16.9 Å². The van der Waals surface area contributed by atoms with Gasteiger partial charge >= 0.3 is 0 Å². The van der Waals surface area contributed by atoms with Crippen LogP contribution in [0.2, 0.25) is 0 Å². The third-order valence-electron chi connectivity index (χ3n) is 5.49. The van der Waals surface area contributed by atoms with E-state index in [-0.39, 0.29) is 11.8 Å². The number of amides is 1. The molecule has 1 aromatic carbocycles. The zero-order valence-corrected chi connectivity index (χ0v) is 16.6. The van der Waals surface area contributed by atoms with Crippen molar-refractivity contribution in [3.63, 3.8) is 0 Å². The molecule has 2 aromatic heterocycles. The van der Waals surface area contributed by atoms with E-state index in [2.05, 4.69) is 27.0 Å². The first-order valence-electron chi connectivity index (χ1n) is 9.65. The lowest BCUT2D eigenvalue weighted by Gasteiger charge is -2.34. The second kappa shape index (κ2) is 7.54. The number of pyridine rings is 1. The standard InChI is InChI=1S/C22H26N4O2/c1-25(2)22(27)15-7-6-10-26(14-15)16-11-18-19(13-24-21(18)23-12-16)17-8-4-5-9-20(17)28-3/h4-5,8-9,11-13,15H,6-7,10,14H2,1-3H3,(H,23,24). The van der Waals surface area contributed by atoms with Crippen molar-refractivity contribution in [2.45, 2.75) is 12.8 Å². The Hall–Kier alpha value is -3.02. The Morgan fingerprint density at radius 2 is 2.11 bits per heavy atom. The molecule has 3 heterocycles. The third-order valence-corrected chi connectivity index (χ3v) is 5.49. The average Bonchev–Trinajstić information content (AvgIpc) is 3.16.